The van der Waals surface area contributed by atoms with E-state index in [-0.39, 0.29) is 0 Å². The molecule has 1 saturated heterocycles. The molecule has 0 saturated carbocycles. The molecular formula is C21H30N2O2. The Balaban J connectivity index is 1.82. The van der Waals surface area contributed by atoms with Gasteiger partial charge in [-0.05, 0) is 64.2 Å². The number of hydrogen-bond acceptors (Lipinski definition) is 2. The summed E-state index contributed by atoms with van der Waals surface area (Å²) in [6.07, 6.45) is 5.75. The van der Waals surface area contributed by atoms with Crippen molar-refractivity contribution in [1.29, 1.82) is 0 Å². The highest BCUT2D eigenvalue weighted by Gasteiger charge is 2.26. The van der Waals surface area contributed by atoms with E-state index in [2.05, 4.69) is 23.3 Å². The Morgan fingerprint density at radius 1 is 1.20 bits per heavy atom. The number of benzene rings is 1. The second-order valence-corrected chi connectivity index (χ2v) is 7.23. The molecule has 1 aliphatic rings. The number of para-hydroxylation sites is 1. The van der Waals surface area contributed by atoms with Crippen LogP contribution < -0.4 is 0 Å². The van der Waals surface area contributed by atoms with Gasteiger partial charge in [0, 0.05) is 23.1 Å². The van der Waals surface area contributed by atoms with Gasteiger partial charge in [-0.15, -0.1) is 0 Å². The second kappa shape index (κ2) is 8.05. The highest BCUT2D eigenvalue weighted by Crippen LogP contribution is 2.31. The van der Waals surface area contributed by atoms with Crippen molar-refractivity contribution in [1.82, 2.24) is 9.47 Å². The maximum Gasteiger partial charge on any atom is 0.338 e. The van der Waals surface area contributed by atoms with Crippen LogP contribution in [0.3, 0.4) is 0 Å². The van der Waals surface area contributed by atoms with Gasteiger partial charge in [0.2, 0.25) is 0 Å². The minimum Gasteiger partial charge on any atom is -0.478 e. The molecule has 4 nitrogen and oxygen atoms in total. The molecular weight excluding hydrogens is 312 g/mol. The first-order valence-electron chi connectivity index (χ1n) is 9.71. The summed E-state index contributed by atoms with van der Waals surface area (Å²) in [4.78, 5) is 14.5. The fourth-order valence-electron chi connectivity index (χ4n) is 4.24. The van der Waals surface area contributed by atoms with Crippen LogP contribution in [0.5, 0.6) is 0 Å². The number of carbonyl (C=O) groups is 1. The molecule has 4 heteroatoms. The largest absolute Gasteiger partial charge is 0.478 e. The lowest BCUT2D eigenvalue weighted by Gasteiger charge is -2.32. The molecule has 1 aromatic carbocycles. The summed E-state index contributed by atoms with van der Waals surface area (Å²) in [5.41, 5.74) is 2.59. The van der Waals surface area contributed by atoms with Crippen LogP contribution in [0.25, 0.3) is 10.9 Å². The molecule has 0 spiro atoms. The predicted octanol–water partition coefficient (Wildman–Crippen LogP) is 4.41. The van der Waals surface area contributed by atoms with Crippen molar-refractivity contribution in [2.45, 2.75) is 52.5 Å². The van der Waals surface area contributed by atoms with E-state index in [1.807, 2.05) is 24.3 Å². The number of likely N-dealkylation sites (tertiary alicyclic amines) is 1. The summed E-state index contributed by atoms with van der Waals surface area (Å²) in [6.45, 7) is 8.68. The number of fused-ring (bicyclic) bond motifs is 1. The summed E-state index contributed by atoms with van der Waals surface area (Å²) in [7, 11) is 0. The molecule has 2 heterocycles. The first kappa shape index (κ1) is 18.0. The van der Waals surface area contributed by atoms with Crippen molar-refractivity contribution in [3.8, 4) is 0 Å². The van der Waals surface area contributed by atoms with Gasteiger partial charge < -0.3 is 14.6 Å². The molecule has 1 aromatic heterocycles. The number of piperidine rings is 1. The summed E-state index contributed by atoms with van der Waals surface area (Å²) < 4.78 is 2.21. The normalized spacial score (nSPS) is 16.6. The highest BCUT2D eigenvalue weighted by molar-refractivity contribution is 6.05. The van der Waals surface area contributed by atoms with Crippen molar-refractivity contribution in [2.75, 3.05) is 19.6 Å². The second-order valence-electron chi connectivity index (χ2n) is 7.23. The number of carboxylic acids is 1. The van der Waals surface area contributed by atoms with Crippen LogP contribution in [-0.4, -0.2) is 40.2 Å². The monoisotopic (exact) mass is 342 g/mol. The van der Waals surface area contributed by atoms with Gasteiger partial charge in [-0.1, -0.05) is 31.5 Å². The predicted molar refractivity (Wildman–Crippen MR) is 102 cm³/mol. The van der Waals surface area contributed by atoms with Gasteiger partial charge in [-0.3, -0.25) is 0 Å². The lowest BCUT2D eigenvalue weighted by Crippen LogP contribution is -2.35. The van der Waals surface area contributed by atoms with E-state index in [4.69, 9.17) is 0 Å². The number of aromatic nitrogens is 1. The molecule has 0 radical (unpaired) electrons. The van der Waals surface area contributed by atoms with E-state index in [0.717, 1.165) is 42.7 Å². The third kappa shape index (κ3) is 3.74. The fraction of sp³-hybridized carbons (Fsp3) is 0.571. The van der Waals surface area contributed by atoms with Crippen LogP contribution in [0.15, 0.2) is 24.3 Å². The van der Waals surface area contributed by atoms with Crippen LogP contribution >= 0.6 is 0 Å². The SMILES string of the molecule is CCCCN1CCC(Cc2c(C(=O)O)c3ccccc3n2CC)CC1. The standard InChI is InChI=1S/C21H30N2O2/c1-3-5-12-22-13-10-16(11-14-22)15-19-20(21(24)25)17-8-6-7-9-18(17)23(19)4-2/h6-9,16H,3-5,10-15H2,1-2H3,(H,24,25). The molecule has 136 valence electrons. The first-order chi connectivity index (χ1) is 12.2. The average molecular weight is 342 g/mol. The Kier molecular flexibility index (Phi) is 5.79. The lowest BCUT2D eigenvalue weighted by atomic mass is 9.90. The van der Waals surface area contributed by atoms with E-state index in [0.29, 0.717) is 11.5 Å². The topological polar surface area (TPSA) is 45.5 Å². The lowest BCUT2D eigenvalue weighted by molar-refractivity contribution is 0.0697. The summed E-state index contributed by atoms with van der Waals surface area (Å²) in [5.74, 6) is -0.204. The minimum atomic E-state index is -0.793. The molecule has 1 N–H and O–H groups in total. The van der Waals surface area contributed by atoms with E-state index >= 15 is 0 Å². The Hall–Kier alpha value is -1.81. The van der Waals surface area contributed by atoms with Crippen LogP contribution in [0.4, 0.5) is 0 Å². The molecule has 0 unspecified atom stereocenters. The van der Waals surface area contributed by atoms with Gasteiger partial charge in [0.1, 0.15) is 0 Å². The number of aryl methyl sites for hydroxylation is 1. The van der Waals surface area contributed by atoms with Crippen molar-refractivity contribution >= 4 is 16.9 Å². The number of unbranched alkanes of at least 4 members (excludes halogenated alkanes) is 1. The van der Waals surface area contributed by atoms with Gasteiger partial charge in [0.15, 0.2) is 0 Å². The Morgan fingerprint density at radius 2 is 1.92 bits per heavy atom. The number of hydrogen-bond donors (Lipinski definition) is 1. The Bertz CT molecular complexity index is 727. The number of nitrogens with zero attached hydrogens (tertiary/aromatic N) is 2. The highest BCUT2D eigenvalue weighted by atomic mass is 16.4. The van der Waals surface area contributed by atoms with Gasteiger partial charge in [0.25, 0.3) is 0 Å². The van der Waals surface area contributed by atoms with E-state index < -0.39 is 5.97 Å². The number of aromatic carboxylic acids is 1. The molecule has 0 bridgehead atoms. The Labute approximate surface area is 150 Å². The quantitative estimate of drug-likeness (QED) is 0.810. The van der Waals surface area contributed by atoms with Crippen LogP contribution in [0.2, 0.25) is 0 Å². The third-order valence-electron chi connectivity index (χ3n) is 5.63. The van der Waals surface area contributed by atoms with Crippen LogP contribution in [0.1, 0.15) is 55.6 Å². The third-order valence-corrected chi connectivity index (χ3v) is 5.63. The van der Waals surface area contributed by atoms with E-state index in [9.17, 15) is 9.90 Å². The molecule has 25 heavy (non-hydrogen) atoms. The zero-order valence-electron chi connectivity index (χ0n) is 15.5. The maximum absolute atomic E-state index is 12.0. The molecule has 2 aromatic rings. The van der Waals surface area contributed by atoms with Gasteiger partial charge in [0.05, 0.1) is 5.56 Å². The van der Waals surface area contributed by atoms with Gasteiger partial charge >= 0.3 is 5.97 Å². The number of rotatable bonds is 7. The van der Waals surface area contributed by atoms with E-state index in [1.54, 1.807) is 0 Å². The smallest absolute Gasteiger partial charge is 0.338 e. The molecule has 0 amide bonds. The average Bonchev–Trinajstić information content (AvgIpc) is 2.94. The van der Waals surface area contributed by atoms with Crippen LogP contribution in [0, 0.1) is 5.92 Å². The molecule has 0 aliphatic carbocycles. The zero-order chi connectivity index (χ0) is 17.8. The maximum atomic E-state index is 12.0. The van der Waals surface area contributed by atoms with Crippen LogP contribution in [-0.2, 0) is 13.0 Å². The molecule has 0 atom stereocenters. The molecule has 3 rings (SSSR count). The molecule has 1 aliphatic heterocycles. The van der Waals surface area contributed by atoms with Crippen molar-refractivity contribution in [3.05, 3.63) is 35.5 Å². The first-order valence-corrected chi connectivity index (χ1v) is 9.71. The Morgan fingerprint density at radius 3 is 2.56 bits per heavy atom. The minimum absolute atomic E-state index is 0.519. The molecule has 1 fully saturated rings. The summed E-state index contributed by atoms with van der Waals surface area (Å²) >= 11 is 0. The summed E-state index contributed by atoms with van der Waals surface area (Å²) in [6, 6.07) is 7.92. The zero-order valence-corrected chi connectivity index (χ0v) is 15.5. The van der Waals surface area contributed by atoms with E-state index in [1.165, 1.54) is 32.2 Å². The number of carboxylic acid groups (broad SMARTS) is 1. The fourth-order valence-corrected chi connectivity index (χ4v) is 4.24. The van der Waals surface area contributed by atoms with Crippen molar-refractivity contribution < 1.29 is 9.90 Å². The van der Waals surface area contributed by atoms with Gasteiger partial charge in [-0.2, -0.15) is 0 Å². The van der Waals surface area contributed by atoms with Crippen molar-refractivity contribution in [2.24, 2.45) is 5.92 Å². The van der Waals surface area contributed by atoms with Gasteiger partial charge in [-0.25, -0.2) is 4.79 Å². The summed E-state index contributed by atoms with van der Waals surface area (Å²) in [5, 5.41) is 10.7. The van der Waals surface area contributed by atoms with Crippen molar-refractivity contribution in [3.63, 3.8) is 0 Å².